The number of rotatable bonds is 7. The maximum atomic E-state index is 12.2. The van der Waals surface area contributed by atoms with E-state index < -0.39 is 0 Å². The van der Waals surface area contributed by atoms with Crippen LogP contribution in [0.1, 0.15) is 29.3 Å². The summed E-state index contributed by atoms with van der Waals surface area (Å²) < 4.78 is 1.84. The molecule has 3 aromatic rings. The van der Waals surface area contributed by atoms with Gasteiger partial charge >= 0.3 is 0 Å². The molecule has 6 nitrogen and oxygen atoms in total. The van der Waals surface area contributed by atoms with E-state index in [0.29, 0.717) is 12.1 Å². The Hall–Kier alpha value is -3.41. The number of aromatic nitrogens is 2. The molecule has 2 N–H and O–H groups in total. The summed E-state index contributed by atoms with van der Waals surface area (Å²) in [4.78, 5) is 24.3. The van der Waals surface area contributed by atoms with Crippen LogP contribution in [0.25, 0.3) is 0 Å². The number of carbonyl (C=O) groups is 2. The molecule has 0 fully saturated rings. The Morgan fingerprint density at radius 3 is 2.44 bits per heavy atom. The summed E-state index contributed by atoms with van der Waals surface area (Å²) >= 11 is 0. The normalized spacial score (nSPS) is 11.6. The molecule has 27 heavy (non-hydrogen) atoms. The van der Waals surface area contributed by atoms with Gasteiger partial charge in [-0.2, -0.15) is 5.10 Å². The highest BCUT2D eigenvalue weighted by Crippen LogP contribution is 2.11. The summed E-state index contributed by atoms with van der Waals surface area (Å²) in [6, 6.07) is 18.2. The Morgan fingerprint density at radius 2 is 1.78 bits per heavy atom. The maximum absolute atomic E-state index is 12.2. The van der Waals surface area contributed by atoms with Crippen LogP contribution in [0.4, 0.5) is 5.69 Å². The van der Waals surface area contributed by atoms with Gasteiger partial charge in [0, 0.05) is 36.1 Å². The van der Waals surface area contributed by atoms with Crippen molar-refractivity contribution in [3.05, 3.63) is 84.2 Å². The predicted molar refractivity (Wildman–Crippen MR) is 104 cm³/mol. The molecule has 2 aromatic carbocycles. The van der Waals surface area contributed by atoms with Crippen LogP contribution < -0.4 is 10.6 Å². The summed E-state index contributed by atoms with van der Waals surface area (Å²) in [6.45, 7) is 2.50. The van der Waals surface area contributed by atoms with E-state index in [1.54, 1.807) is 18.3 Å². The van der Waals surface area contributed by atoms with Gasteiger partial charge in [-0.15, -0.1) is 0 Å². The molecule has 1 aromatic heterocycles. The lowest BCUT2D eigenvalue weighted by Crippen LogP contribution is -2.35. The fourth-order valence-electron chi connectivity index (χ4n) is 2.71. The SMILES string of the molecule is CC(CC(=O)Nc1ccc(Cn2cccn2)cc1)NC(=O)c1ccccc1. The Morgan fingerprint density at radius 1 is 1.04 bits per heavy atom. The Balaban J connectivity index is 1.47. The average molecular weight is 362 g/mol. The molecule has 0 saturated carbocycles. The third-order valence-electron chi connectivity index (χ3n) is 4.05. The minimum atomic E-state index is -0.267. The van der Waals surface area contributed by atoms with Gasteiger partial charge < -0.3 is 10.6 Å². The second-order valence-corrected chi connectivity index (χ2v) is 6.39. The van der Waals surface area contributed by atoms with Crippen molar-refractivity contribution in [2.24, 2.45) is 0 Å². The second-order valence-electron chi connectivity index (χ2n) is 6.39. The number of anilines is 1. The van der Waals surface area contributed by atoms with Gasteiger partial charge in [-0.1, -0.05) is 30.3 Å². The van der Waals surface area contributed by atoms with Crippen molar-refractivity contribution in [1.82, 2.24) is 15.1 Å². The molecular weight excluding hydrogens is 340 g/mol. The van der Waals surface area contributed by atoms with Gasteiger partial charge in [0.25, 0.3) is 5.91 Å². The van der Waals surface area contributed by atoms with Crippen LogP contribution >= 0.6 is 0 Å². The zero-order valence-electron chi connectivity index (χ0n) is 15.1. The standard InChI is InChI=1S/C21H22N4O2/c1-16(23-21(27)18-6-3-2-4-7-18)14-20(26)24-19-10-8-17(9-11-19)15-25-13-5-12-22-25/h2-13,16H,14-15H2,1H3,(H,23,27)(H,24,26). The largest absolute Gasteiger partial charge is 0.349 e. The highest BCUT2D eigenvalue weighted by molar-refractivity contribution is 5.95. The number of amides is 2. The Labute approximate surface area is 158 Å². The molecule has 0 bridgehead atoms. The van der Waals surface area contributed by atoms with Crippen LogP contribution in [-0.2, 0) is 11.3 Å². The summed E-state index contributed by atoms with van der Waals surface area (Å²) in [5, 5.41) is 9.87. The van der Waals surface area contributed by atoms with E-state index in [2.05, 4.69) is 15.7 Å². The van der Waals surface area contributed by atoms with E-state index in [1.807, 2.05) is 66.3 Å². The lowest BCUT2D eigenvalue weighted by Gasteiger charge is -2.14. The maximum Gasteiger partial charge on any atom is 0.251 e. The van der Waals surface area contributed by atoms with Gasteiger partial charge in [-0.3, -0.25) is 14.3 Å². The number of benzene rings is 2. The van der Waals surface area contributed by atoms with Crippen molar-refractivity contribution in [1.29, 1.82) is 0 Å². The van der Waals surface area contributed by atoms with Crippen molar-refractivity contribution < 1.29 is 9.59 Å². The molecule has 0 aliphatic carbocycles. The monoisotopic (exact) mass is 362 g/mol. The van der Waals surface area contributed by atoms with E-state index >= 15 is 0 Å². The minimum Gasteiger partial charge on any atom is -0.349 e. The van der Waals surface area contributed by atoms with Crippen molar-refractivity contribution in [3.8, 4) is 0 Å². The fourth-order valence-corrected chi connectivity index (χ4v) is 2.71. The molecular formula is C21H22N4O2. The Kier molecular flexibility index (Phi) is 5.99. The zero-order chi connectivity index (χ0) is 19.1. The molecule has 1 atom stereocenters. The van der Waals surface area contributed by atoms with Gasteiger partial charge in [0.2, 0.25) is 5.91 Å². The third-order valence-corrected chi connectivity index (χ3v) is 4.05. The van der Waals surface area contributed by atoms with Gasteiger partial charge in [-0.05, 0) is 42.8 Å². The molecule has 1 heterocycles. The van der Waals surface area contributed by atoms with Crippen LogP contribution in [0.2, 0.25) is 0 Å². The summed E-state index contributed by atoms with van der Waals surface area (Å²) in [6.07, 6.45) is 3.85. The second kappa shape index (κ2) is 8.80. The predicted octanol–water partition coefficient (Wildman–Crippen LogP) is 3.08. The molecule has 1 unspecified atom stereocenters. The van der Waals surface area contributed by atoms with Gasteiger partial charge in [-0.25, -0.2) is 0 Å². The van der Waals surface area contributed by atoms with Crippen LogP contribution in [0.5, 0.6) is 0 Å². The molecule has 3 rings (SSSR count). The Bertz CT molecular complexity index is 874. The first-order valence-electron chi connectivity index (χ1n) is 8.82. The first-order valence-corrected chi connectivity index (χ1v) is 8.82. The molecule has 0 saturated heterocycles. The van der Waals surface area contributed by atoms with Gasteiger partial charge in [0.15, 0.2) is 0 Å². The molecule has 0 spiro atoms. The first-order chi connectivity index (χ1) is 13.1. The van der Waals surface area contributed by atoms with Crippen LogP contribution in [-0.4, -0.2) is 27.6 Å². The summed E-state index contributed by atoms with van der Waals surface area (Å²) in [5.74, 6) is -0.324. The average Bonchev–Trinajstić information content (AvgIpc) is 3.17. The summed E-state index contributed by atoms with van der Waals surface area (Å²) in [7, 11) is 0. The first kappa shape index (κ1) is 18.4. The van der Waals surface area contributed by atoms with Crippen LogP contribution in [0, 0.1) is 0 Å². The van der Waals surface area contributed by atoms with Crippen molar-refractivity contribution in [2.75, 3.05) is 5.32 Å². The fraction of sp³-hybridized carbons (Fsp3) is 0.190. The van der Waals surface area contributed by atoms with E-state index in [-0.39, 0.29) is 24.3 Å². The van der Waals surface area contributed by atoms with Crippen molar-refractivity contribution in [3.63, 3.8) is 0 Å². The van der Waals surface area contributed by atoms with Gasteiger partial charge in [0.05, 0.1) is 6.54 Å². The molecule has 2 amide bonds. The number of carbonyl (C=O) groups excluding carboxylic acids is 2. The zero-order valence-corrected chi connectivity index (χ0v) is 15.1. The molecule has 6 heteroatoms. The van der Waals surface area contributed by atoms with Gasteiger partial charge in [0.1, 0.15) is 0 Å². The number of nitrogens with zero attached hydrogens (tertiary/aromatic N) is 2. The lowest BCUT2D eigenvalue weighted by molar-refractivity contribution is -0.116. The topological polar surface area (TPSA) is 76.0 Å². The van der Waals surface area contributed by atoms with Crippen molar-refractivity contribution >= 4 is 17.5 Å². The van der Waals surface area contributed by atoms with E-state index in [9.17, 15) is 9.59 Å². The summed E-state index contributed by atoms with van der Waals surface area (Å²) in [5.41, 5.74) is 2.41. The minimum absolute atomic E-state index is 0.143. The highest BCUT2D eigenvalue weighted by Gasteiger charge is 2.13. The smallest absolute Gasteiger partial charge is 0.251 e. The van der Waals surface area contributed by atoms with Crippen molar-refractivity contribution in [2.45, 2.75) is 25.9 Å². The van der Waals surface area contributed by atoms with E-state index in [0.717, 1.165) is 11.3 Å². The number of hydrogen-bond acceptors (Lipinski definition) is 3. The number of hydrogen-bond donors (Lipinski definition) is 2. The third kappa shape index (κ3) is 5.54. The van der Waals surface area contributed by atoms with Crippen LogP contribution in [0.15, 0.2) is 73.1 Å². The quantitative estimate of drug-likeness (QED) is 0.678. The molecule has 138 valence electrons. The highest BCUT2D eigenvalue weighted by atomic mass is 16.2. The molecule has 0 aliphatic rings. The lowest BCUT2D eigenvalue weighted by atomic mass is 10.1. The van der Waals surface area contributed by atoms with Crippen LogP contribution in [0.3, 0.4) is 0 Å². The number of nitrogens with one attached hydrogen (secondary N) is 2. The molecule has 0 radical (unpaired) electrons. The van der Waals surface area contributed by atoms with E-state index in [4.69, 9.17) is 0 Å². The molecule has 0 aliphatic heterocycles. The van der Waals surface area contributed by atoms with E-state index in [1.165, 1.54) is 0 Å².